The lowest BCUT2D eigenvalue weighted by atomic mass is 9.87. The minimum Gasteiger partial charge on any atom is -0.409 e. The van der Waals surface area contributed by atoms with Crippen LogP contribution >= 0.6 is 11.8 Å². The van der Waals surface area contributed by atoms with Crippen LogP contribution in [0.5, 0.6) is 0 Å². The van der Waals surface area contributed by atoms with E-state index in [1.165, 1.54) is 24.3 Å². The van der Waals surface area contributed by atoms with Gasteiger partial charge in [0.05, 0.1) is 0 Å². The molecule has 0 aromatic rings. The number of thioether (sulfide) groups is 1. The molecule has 0 bridgehead atoms. The number of nitrogens with two attached hydrogens (primary N) is 1. The first kappa shape index (κ1) is 14.6. The summed E-state index contributed by atoms with van der Waals surface area (Å²) in [6, 6.07) is 0. The normalized spacial score (nSPS) is 13.1. The average molecular weight is 232 g/mol. The van der Waals surface area contributed by atoms with E-state index >= 15 is 0 Å². The molecule has 0 aromatic carbocycles. The maximum absolute atomic E-state index is 8.60. The van der Waals surface area contributed by atoms with Crippen LogP contribution in [0.2, 0.25) is 0 Å². The Morgan fingerprint density at radius 3 is 2.47 bits per heavy atom. The smallest absolute Gasteiger partial charge is 0.144 e. The zero-order valence-electron chi connectivity index (χ0n) is 10.1. The van der Waals surface area contributed by atoms with Gasteiger partial charge in [0.25, 0.3) is 0 Å². The fraction of sp³-hybridized carbons (Fsp3) is 0.909. The Kier molecular flexibility index (Phi) is 7.65. The van der Waals surface area contributed by atoms with Crippen molar-refractivity contribution in [2.75, 3.05) is 11.5 Å². The van der Waals surface area contributed by atoms with Gasteiger partial charge in [-0.2, -0.15) is 11.8 Å². The third kappa shape index (κ3) is 6.66. The van der Waals surface area contributed by atoms with Crippen LogP contribution in [-0.4, -0.2) is 22.5 Å². The number of oxime groups is 1. The summed E-state index contributed by atoms with van der Waals surface area (Å²) in [4.78, 5) is 0. The molecule has 0 spiro atoms. The lowest BCUT2D eigenvalue weighted by Gasteiger charge is -2.22. The molecule has 15 heavy (non-hydrogen) atoms. The summed E-state index contributed by atoms with van der Waals surface area (Å²) in [6.07, 6.45) is 4.66. The van der Waals surface area contributed by atoms with Crippen LogP contribution < -0.4 is 5.73 Å². The van der Waals surface area contributed by atoms with Crippen LogP contribution in [0.25, 0.3) is 0 Å². The van der Waals surface area contributed by atoms with Crippen molar-refractivity contribution in [2.45, 2.75) is 46.5 Å². The summed E-state index contributed by atoms with van der Waals surface area (Å²) >= 11 is 1.99. The van der Waals surface area contributed by atoms with Gasteiger partial charge in [0.15, 0.2) is 0 Å². The fourth-order valence-corrected chi connectivity index (χ4v) is 2.27. The van der Waals surface area contributed by atoms with E-state index in [0.717, 1.165) is 12.8 Å². The molecule has 0 fully saturated rings. The highest BCUT2D eigenvalue weighted by Gasteiger charge is 2.22. The first-order valence-electron chi connectivity index (χ1n) is 5.60. The molecule has 90 valence electrons. The second-order valence-electron chi connectivity index (χ2n) is 4.44. The summed E-state index contributed by atoms with van der Waals surface area (Å²) in [7, 11) is 0. The molecule has 0 amide bonds. The highest BCUT2D eigenvalue weighted by atomic mass is 32.2. The van der Waals surface area contributed by atoms with E-state index in [0.29, 0.717) is 5.84 Å². The van der Waals surface area contributed by atoms with E-state index < -0.39 is 0 Å². The molecule has 0 saturated heterocycles. The quantitative estimate of drug-likeness (QED) is 0.222. The van der Waals surface area contributed by atoms with Crippen molar-refractivity contribution in [1.82, 2.24) is 0 Å². The van der Waals surface area contributed by atoms with E-state index in [1.54, 1.807) is 0 Å². The van der Waals surface area contributed by atoms with Gasteiger partial charge in [0.2, 0.25) is 0 Å². The van der Waals surface area contributed by atoms with Crippen molar-refractivity contribution in [1.29, 1.82) is 0 Å². The Hall–Kier alpha value is -0.380. The van der Waals surface area contributed by atoms with E-state index in [-0.39, 0.29) is 5.41 Å². The minimum absolute atomic E-state index is 0.180. The molecule has 0 radical (unpaired) electrons. The summed E-state index contributed by atoms with van der Waals surface area (Å²) in [6.45, 7) is 6.24. The van der Waals surface area contributed by atoms with Gasteiger partial charge in [-0.1, -0.05) is 32.3 Å². The van der Waals surface area contributed by atoms with Crippen LogP contribution in [0.4, 0.5) is 0 Å². The van der Waals surface area contributed by atoms with Crippen LogP contribution in [0, 0.1) is 5.41 Å². The van der Waals surface area contributed by atoms with Gasteiger partial charge in [-0.15, -0.1) is 0 Å². The van der Waals surface area contributed by atoms with Crippen molar-refractivity contribution < 1.29 is 5.21 Å². The zero-order valence-corrected chi connectivity index (χ0v) is 10.9. The van der Waals surface area contributed by atoms with Crippen LogP contribution in [0.3, 0.4) is 0 Å². The molecule has 0 rings (SSSR count). The van der Waals surface area contributed by atoms with Gasteiger partial charge in [0, 0.05) is 5.41 Å². The first-order chi connectivity index (χ1) is 7.04. The van der Waals surface area contributed by atoms with Gasteiger partial charge < -0.3 is 10.9 Å². The summed E-state index contributed by atoms with van der Waals surface area (Å²) in [5.41, 5.74) is 5.43. The van der Waals surface area contributed by atoms with Gasteiger partial charge in [0.1, 0.15) is 5.84 Å². The standard InChI is InChI=1S/C11H24N2OS/c1-4-5-8-15-9-6-7-11(2,3)10(12)13-14/h14H,4-9H2,1-3H3,(H2,12,13). The summed E-state index contributed by atoms with van der Waals surface area (Å²) in [5.74, 6) is 2.75. The third-order valence-corrected chi connectivity index (χ3v) is 3.69. The van der Waals surface area contributed by atoms with Gasteiger partial charge in [-0.25, -0.2) is 0 Å². The Morgan fingerprint density at radius 2 is 1.93 bits per heavy atom. The van der Waals surface area contributed by atoms with Crippen molar-refractivity contribution >= 4 is 17.6 Å². The minimum atomic E-state index is -0.180. The maximum atomic E-state index is 8.60. The molecule has 4 heteroatoms. The Morgan fingerprint density at radius 1 is 1.33 bits per heavy atom. The van der Waals surface area contributed by atoms with Gasteiger partial charge in [-0.3, -0.25) is 0 Å². The monoisotopic (exact) mass is 232 g/mol. The SMILES string of the molecule is CCCCSCCCC(C)(C)C(N)=NO. The average Bonchev–Trinajstić information content (AvgIpc) is 2.22. The number of unbranched alkanes of at least 4 members (excludes halogenated alkanes) is 1. The first-order valence-corrected chi connectivity index (χ1v) is 6.75. The zero-order chi connectivity index (χ0) is 11.7. The molecule has 0 aliphatic rings. The molecular weight excluding hydrogens is 208 g/mol. The number of hydrogen-bond acceptors (Lipinski definition) is 3. The Bertz CT molecular complexity index is 193. The molecule has 0 aromatic heterocycles. The largest absolute Gasteiger partial charge is 0.409 e. The molecule has 0 atom stereocenters. The fourth-order valence-electron chi connectivity index (χ4n) is 1.23. The molecule has 0 heterocycles. The van der Waals surface area contributed by atoms with E-state index in [2.05, 4.69) is 12.1 Å². The van der Waals surface area contributed by atoms with E-state index in [1.807, 2.05) is 25.6 Å². The lowest BCUT2D eigenvalue weighted by molar-refractivity contribution is 0.305. The van der Waals surface area contributed by atoms with Crippen LogP contribution in [0.1, 0.15) is 46.5 Å². The molecule has 0 unspecified atom stereocenters. The Labute approximate surface area is 97.5 Å². The highest BCUT2D eigenvalue weighted by molar-refractivity contribution is 7.99. The molecule has 3 N–H and O–H groups in total. The second kappa shape index (κ2) is 7.85. The Balaban J connectivity index is 3.58. The number of nitrogens with zero attached hydrogens (tertiary/aromatic N) is 1. The lowest BCUT2D eigenvalue weighted by Crippen LogP contribution is -2.31. The second-order valence-corrected chi connectivity index (χ2v) is 5.66. The van der Waals surface area contributed by atoms with E-state index in [4.69, 9.17) is 10.9 Å². The molecule has 3 nitrogen and oxygen atoms in total. The van der Waals surface area contributed by atoms with Crippen LogP contribution in [0.15, 0.2) is 5.16 Å². The molecular formula is C11H24N2OS. The highest BCUT2D eigenvalue weighted by Crippen LogP contribution is 2.23. The van der Waals surface area contributed by atoms with Crippen LogP contribution in [-0.2, 0) is 0 Å². The van der Waals surface area contributed by atoms with Crippen molar-refractivity contribution in [3.05, 3.63) is 0 Å². The summed E-state index contributed by atoms with van der Waals surface area (Å²) in [5, 5.41) is 11.7. The molecule has 0 aliphatic carbocycles. The summed E-state index contributed by atoms with van der Waals surface area (Å²) < 4.78 is 0. The van der Waals surface area contributed by atoms with Gasteiger partial charge in [-0.05, 0) is 30.8 Å². The van der Waals surface area contributed by atoms with Crippen molar-refractivity contribution in [3.8, 4) is 0 Å². The van der Waals surface area contributed by atoms with E-state index in [9.17, 15) is 0 Å². The van der Waals surface area contributed by atoms with Crippen molar-refractivity contribution in [3.63, 3.8) is 0 Å². The third-order valence-electron chi connectivity index (χ3n) is 2.53. The predicted octanol–water partition coefficient (Wildman–Crippen LogP) is 3.07. The number of amidine groups is 1. The number of hydrogen-bond donors (Lipinski definition) is 2. The van der Waals surface area contributed by atoms with Crippen molar-refractivity contribution in [2.24, 2.45) is 16.3 Å². The maximum Gasteiger partial charge on any atom is 0.144 e. The molecule has 0 saturated carbocycles. The van der Waals surface area contributed by atoms with Gasteiger partial charge >= 0.3 is 0 Å². The molecule has 0 aliphatic heterocycles. The predicted molar refractivity (Wildman–Crippen MR) is 68.7 cm³/mol. The number of rotatable bonds is 8. The topological polar surface area (TPSA) is 58.6 Å².